The van der Waals surface area contributed by atoms with Gasteiger partial charge < -0.3 is 9.80 Å². The number of amides is 1. The van der Waals surface area contributed by atoms with Crippen LogP contribution in [0.15, 0.2) is 23.2 Å². The molecule has 1 aromatic carbocycles. The van der Waals surface area contributed by atoms with Gasteiger partial charge in [-0.3, -0.25) is 9.79 Å². The molecule has 4 heteroatoms. The van der Waals surface area contributed by atoms with Crippen LogP contribution in [0.3, 0.4) is 0 Å². The summed E-state index contributed by atoms with van der Waals surface area (Å²) in [6, 6.07) is 6.87. The zero-order valence-electron chi connectivity index (χ0n) is 18.1. The molecule has 1 aliphatic carbocycles. The third kappa shape index (κ3) is 5.09. The van der Waals surface area contributed by atoms with Gasteiger partial charge >= 0.3 is 0 Å². The topological polar surface area (TPSA) is 35.9 Å². The molecule has 0 spiro atoms. The Morgan fingerprint density at radius 3 is 2.83 bits per heavy atom. The molecule has 2 aliphatic heterocycles. The lowest BCUT2D eigenvalue weighted by Gasteiger charge is -2.29. The summed E-state index contributed by atoms with van der Waals surface area (Å²) < 4.78 is 0. The molecule has 0 N–H and O–H groups in total. The Morgan fingerprint density at radius 2 is 2.00 bits per heavy atom. The standard InChI is InChI=1S/C25H37N3O/c1-2-3-12-26-18-20-8-9-22-17-23(11-10-21(22)16-20)25(29)28-15-6-7-24(28)19-27-13-4-5-14-27/h10-11,17-18,20,24H,2-9,12-16,19H2,1H3/t20?,24-/m0/s1. The van der Waals surface area contributed by atoms with Gasteiger partial charge in [0.05, 0.1) is 0 Å². The Balaban J connectivity index is 1.38. The molecule has 3 aliphatic rings. The van der Waals surface area contributed by atoms with Crippen molar-refractivity contribution >= 4 is 12.1 Å². The number of nitrogens with zero attached hydrogens (tertiary/aromatic N) is 3. The number of benzene rings is 1. The molecule has 0 saturated carbocycles. The van der Waals surface area contributed by atoms with Crippen LogP contribution < -0.4 is 0 Å². The highest BCUT2D eigenvalue weighted by atomic mass is 16.2. The summed E-state index contributed by atoms with van der Waals surface area (Å²) in [7, 11) is 0. The number of unbranched alkanes of at least 4 members (excludes halogenated alkanes) is 1. The summed E-state index contributed by atoms with van der Waals surface area (Å²) in [5.74, 6) is 0.807. The second-order valence-electron chi connectivity index (χ2n) is 9.20. The van der Waals surface area contributed by atoms with Crippen molar-refractivity contribution in [2.45, 2.75) is 70.8 Å². The summed E-state index contributed by atoms with van der Waals surface area (Å²) in [5.41, 5.74) is 3.69. The fraction of sp³-hybridized carbons (Fsp3) is 0.680. The number of aliphatic imine (C=N–C) groups is 1. The number of hydrogen-bond donors (Lipinski definition) is 0. The van der Waals surface area contributed by atoms with Crippen molar-refractivity contribution in [3.05, 3.63) is 34.9 Å². The largest absolute Gasteiger partial charge is 0.334 e. The molecule has 0 bridgehead atoms. The summed E-state index contributed by atoms with van der Waals surface area (Å²) >= 11 is 0. The average molecular weight is 396 g/mol. The van der Waals surface area contributed by atoms with E-state index in [4.69, 9.17) is 0 Å². The molecular weight excluding hydrogens is 358 g/mol. The lowest BCUT2D eigenvalue weighted by atomic mass is 9.83. The first kappa shape index (κ1) is 20.6. The number of likely N-dealkylation sites (tertiary alicyclic amines) is 2. The van der Waals surface area contributed by atoms with Crippen molar-refractivity contribution in [3.8, 4) is 0 Å². The Hall–Kier alpha value is -1.68. The minimum atomic E-state index is 0.248. The molecule has 2 saturated heterocycles. The van der Waals surface area contributed by atoms with E-state index < -0.39 is 0 Å². The first-order chi connectivity index (χ1) is 14.2. The van der Waals surface area contributed by atoms with Gasteiger partial charge in [0.2, 0.25) is 0 Å². The van der Waals surface area contributed by atoms with Crippen molar-refractivity contribution in [2.75, 3.05) is 32.7 Å². The first-order valence-electron chi connectivity index (χ1n) is 11.9. The Bertz CT molecular complexity index is 723. The van der Waals surface area contributed by atoms with E-state index in [9.17, 15) is 4.79 Å². The van der Waals surface area contributed by atoms with Gasteiger partial charge in [0.15, 0.2) is 0 Å². The fourth-order valence-electron chi connectivity index (χ4n) is 5.24. The monoisotopic (exact) mass is 395 g/mol. The predicted molar refractivity (Wildman–Crippen MR) is 120 cm³/mol. The van der Waals surface area contributed by atoms with E-state index in [0.717, 1.165) is 57.3 Å². The quantitative estimate of drug-likeness (QED) is 0.508. The molecule has 2 heterocycles. The second-order valence-corrected chi connectivity index (χ2v) is 9.20. The van der Waals surface area contributed by atoms with Gasteiger partial charge in [0.1, 0.15) is 0 Å². The minimum absolute atomic E-state index is 0.248. The molecule has 4 nitrogen and oxygen atoms in total. The Kier molecular flexibility index (Phi) is 7.02. The van der Waals surface area contributed by atoms with E-state index >= 15 is 0 Å². The zero-order valence-corrected chi connectivity index (χ0v) is 18.1. The van der Waals surface area contributed by atoms with Gasteiger partial charge in [-0.1, -0.05) is 19.4 Å². The van der Waals surface area contributed by atoms with Crippen molar-refractivity contribution in [2.24, 2.45) is 10.9 Å². The Morgan fingerprint density at radius 1 is 1.14 bits per heavy atom. The normalized spacial score (nSPS) is 25.1. The highest BCUT2D eigenvalue weighted by Crippen LogP contribution is 2.28. The highest BCUT2D eigenvalue weighted by Gasteiger charge is 2.31. The van der Waals surface area contributed by atoms with E-state index in [1.54, 1.807) is 0 Å². The fourth-order valence-corrected chi connectivity index (χ4v) is 5.24. The summed E-state index contributed by atoms with van der Waals surface area (Å²) in [6.45, 7) is 7.57. The minimum Gasteiger partial charge on any atom is -0.334 e. The second kappa shape index (κ2) is 9.88. The van der Waals surface area contributed by atoms with Crippen molar-refractivity contribution in [3.63, 3.8) is 0 Å². The molecule has 4 rings (SSSR count). The number of aryl methyl sites for hydroxylation is 1. The van der Waals surface area contributed by atoms with Crippen molar-refractivity contribution in [1.29, 1.82) is 0 Å². The molecule has 1 amide bonds. The van der Waals surface area contributed by atoms with E-state index in [0.29, 0.717) is 12.0 Å². The summed E-state index contributed by atoms with van der Waals surface area (Å²) in [5, 5.41) is 0. The van der Waals surface area contributed by atoms with Gasteiger partial charge in [-0.2, -0.15) is 0 Å². The van der Waals surface area contributed by atoms with E-state index in [2.05, 4.69) is 46.1 Å². The first-order valence-corrected chi connectivity index (χ1v) is 11.9. The van der Waals surface area contributed by atoms with Crippen LogP contribution in [-0.4, -0.2) is 60.7 Å². The van der Waals surface area contributed by atoms with Gasteiger partial charge in [0.25, 0.3) is 5.91 Å². The van der Waals surface area contributed by atoms with Crippen LogP contribution in [0.5, 0.6) is 0 Å². The molecule has 0 radical (unpaired) electrons. The SMILES string of the molecule is CCCCN=CC1CCc2cc(C(=O)N3CCC[C@H]3CN3CCCC3)ccc2C1. The molecule has 29 heavy (non-hydrogen) atoms. The van der Waals surface area contributed by atoms with Gasteiger partial charge in [-0.05, 0) is 93.6 Å². The van der Waals surface area contributed by atoms with Crippen molar-refractivity contribution in [1.82, 2.24) is 9.80 Å². The number of rotatable bonds is 7. The number of fused-ring (bicyclic) bond motifs is 1. The third-order valence-electron chi connectivity index (χ3n) is 6.98. The molecule has 2 fully saturated rings. The van der Waals surface area contributed by atoms with Crippen LogP contribution in [-0.2, 0) is 12.8 Å². The maximum absolute atomic E-state index is 13.3. The van der Waals surface area contributed by atoms with Gasteiger partial charge in [-0.15, -0.1) is 0 Å². The number of carbonyl (C=O) groups excluding carboxylic acids is 1. The molecule has 0 aromatic heterocycles. The third-order valence-corrected chi connectivity index (χ3v) is 6.98. The van der Waals surface area contributed by atoms with Crippen LogP contribution in [0, 0.1) is 5.92 Å². The number of hydrogen-bond acceptors (Lipinski definition) is 3. The van der Waals surface area contributed by atoms with Gasteiger partial charge in [-0.25, -0.2) is 0 Å². The van der Waals surface area contributed by atoms with Crippen LogP contribution >= 0.6 is 0 Å². The maximum Gasteiger partial charge on any atom is 0.254 e. The number of carbonyl (C=O) groups is 1. The van der Waals surface area contributed by atoms with E-state index in [-0.39, 0.29) is 5.91 Å². The van der Waals surface area contributed by atoms with Crippen LogP contribution in [0.4, 0.5) is 0 Å². The van der Waals surface area contributed by atoms with Crippen LogP contribution in [0.25, 0.3) is 0 Å². The lowest BCUT2D eigenvalue weighted by Crippen LogP contribution is -2.42. The molecule has 2 atom stereocenters. The molecule has 158 valence electrons. The smallest absolute Gasteiger partial charge is 0.254 e. The highest BCUT2D eigenvalue weighted by molar-refractivity contribution is 5.95. The summed E-state index contributed by atoms with van der Waals surface area (Å²) in [4.78, 5) is 22.6. The summed E-state index contributed by atoms with van der Waals surface area (Å²) in [6.07, 6.45) is 12.8. The zero-order chi connectivity index (χ0) is 20.1. The molecule has 1 aromatic rings. The van der Waals surface area contributed by atoms with Gasteiger partial charge in [0, 0.05) is 37.5 Å². The van der Waals surface area contributed by atoms with E-state index in [1.165, 1.54) is 49.9 Å². The van der Waals surface area contributed by atoms with Crippen LogP contribution in [0.1, 0.15) is 73.4 Å². The van der Waals surface area contributed by atoms with Crippen molar-refractivity contribution < 1.29 is 4.79 Å². The maximum atomic E-state index is 13.3. The average Bonchev–Trinajstić information content (AvgIpc) is 3.43. The van der Waals surface area contributed by atoms with Crippen LogP contribution in [0.2, 0.25) is 0 Å². The lowest BCUT2D eigenvalue weighted by molar-refractivity contribution is 0.0708. The Labute approximate surface area is 176 Å². The molecular formula is C25H37N3O. The molecule has 1 unspecified atom stereocenters. The predicted octanol–water partition coefficient (Wildman–Crippen LogP) is 4.36. The van der Waals surface area contributed by atoms with E-state index in [1.807, 2.05) is 0 Å².